The predicted octanol–water partition coefficient (Wildman–Crippen LogP) is 3.66. The van der Waals surface area contributed by atoms with Crippen molar-refractivity contribution in [2.24, 2.45) is 0 Å². The van der Waals surface area contributed by atoms with Gasteiger partial charge in [-0.3, -0.25) is 14.9 Å². The van der Waals surface area contributed by atoms with Gasteiger partial charge in [-0.05, 0) is 61.1 Å². The Hall–Kier alpha value is -3.13. The summed E-state index contributed by atoms with van der Waals surface area (Å²) in [5, 5.41) is 5.99. The first-order valence-corrected chi connectivity index (χ1v) is 11.3. The Bertz CT molecular complexity index is 941. The zero-order valence-electron chi connectivity index (χ0n) is 18.6. The molecule has 1 heterocycles. The number of nitrogens with zero attached hydrogens (tertiary/aromatic N) is 2. The van der Waals surface area contributed by atoms with Crippen LogP contribution < -0.4 is 20.3 Å². The van der Waals surface area contributed by atoms with Gasteiger partial charge in [0.25, 0.3) is 5.91 Å². The fraction of sp³-hybridized carbons (Fsp3) is 0.375. The summed E-state index contributed by atoms with van der Waals surface area (Å²) in [6.45, 7) is 7.42. The SMILES string of the molecule is CCCCOc1cccc(C(=O)NC(=S)Nc2ccc(N3CCN(C(C)=O)CC3)cc2)c1. The lowest BCUT2D eigenvalue weighted by Crippen LogP contribution is -2.48. The summed E-state index contributed by atoms with van der Waals surface area (Å²) < 4.78 is 5.66. The minimum atomic E-state index is -0.289. The third kappa shape index (κ3) is 6.68. The maximum Gasteiger partial charge on any atom is 0.257 e. The van der Waals surface area contributed by atoms with Crippen molar-refractivity contribution in [1.82, 2.24) is 10.2 Å². The van der Waals surface area contributed by atoms with Crippen LogP contribution >= 0.6 is 12.2 Å². The van der Waals surface area contributed by atoms with Gasteiger partial charge in [0, 0.05) is 50.0 Å². The number of anilines is 2. The number of carbonyl (C=O) groups excluding carboxylic acids is 2. The molecule has 2 N–H and O–H groups in total. The van der Waals surface area contributed by atoms with E-state index in [1.165, 1.54) is 0 Å². The Morgan fingerprint density at radius 2 is 1.78 bits per heavy atom. The number of amides is 2. The molecule has 0 saturated carbocycles. The van der Waals surface area contributed by atoms with Gasteiger partial charge in [-0.15, -0.1) is 0 Å². The molecular formula is C24H30N4O3S. The fourth-order valence-electron chi connectivity index (χ4n) is 3.43. The molecule has 1 fully saturated rings. The monoisotopic (exact) mass is 454 g/mol. The van der Waals surface area contributed by atoms with Gasteiger partial charge in [-0.25, -0.2) is 0 Å². The molecule has 1 aliphatic heterocycles. The maximum atomic E-state index is 12.5. The summed E-state index contributed by atoms with van der Waals surface area (Å²) >= 11 is 5.30. The van der Waals surface area contributed by atoms with Crippen LogP contribution in [-0.2, 0) is 4.79 Å². The van der Waals surface area contributed by atoms with E-state index in [1.807, 2.05) is 35.2 Å². The van der Waals surface area contributed by atoms with E-state index in [9.17, 15) is 9.59 Å². The highest BCUT2D eigenvalue weighted by atomic mass is 32.1. The molecule has 32 heavy (non-hydrogen) atoms. The largest absolute Gasteiger partial charge is 0.494 e. The van der Waals surface area contributed by atoms with Gasteiger partial charge in [-0.2, -0.15) is 0 Å². The molecular weight excluding hydrogens is 424 g/mol. The molecule has 0 atom stereocenters. The first kappa shape index (κ1) is 23.5. The van der Waals surface area contributed by atoms with Gasteiger partial charge < -0.3 is 19.9 Å². The van der Waals surface area contributed by atoms with Gasteiger partial charge in [0.2, 0.25) is 5.91 Å². The number of thiocarbonyl (C=S) groups is 1. The maximum absolute atomic E-state index is 12.5. The van der Waals surface area contributed by atoms with Crippen molar-refractivity contribution in [2.75, 3.05) is 43.0 Å². The number of carbonyl (C=O) groups is 2. The molecule has 8 heteroatoms. The Balaban J connectivity index is 1.50. The van der Waals surface area contributed by atoms with Gasteiger partial charge in [-0.1, -0.05) is 19.4 Å². The third-order valence-electron chi connectivity index (χ3n) is 5.31. The summed E-state index contributed by atoms with van der Waals surface area (Å²) in [6, 6.07) is 14.9. The van der Waals surface area contributed by atoms with E-state index in [1.54, 1.807) is 25.1 Å². The van der Waals surface area contributed by atoms with E-state index in [-0.39, 0.29) is 16.9 Å². The van der Waals surface area contributed by atoms with Crippen LogP contribution in [0.5, 0.6) is 5.75 Å². The van der Waals surface area contributed by atoms with Crippen molar-refractivity contribution in [3.05, 3.63) is 54.1 Å². The van der Waals surface area contributed by atoms with Crippen LogP contribution in [0.2, 0.25) is 0 Å². The van der Waals surface area contributed by atoms with E-state index in [4.69, 9.17) is 17.0 Å². The summed E-state index contributed by atoms with van der Waals surface area (Å²) in [5.74, 6) is 0.503. The molecule has 0 aromatic heterocycles. The van der Waals surface area contributed by atoms with Crippen molar-refractivity contribution < 1.29 is 14.3 Å². The lowest BCUT2D eigenvalue weighted by Gasteiger charge is -2.35. The second-order valence-electron chi connectivity index (χ2n) is 7.68. The molecule has 0 unspecified atom stereocenters. The summed E-state index contributed by atoms with van der Waals surface area (Å²) in [6.07, 6.45) is 2.02. The molecule has 2 aromatic carbocycles. The van der Waals surface area contributed by atoms with Crippen LogP contribution in [0.1, 0.15) is 37.0 Å². The summed E-state index contributed by atoms with van der Waals surface area (Å²) in [5.41, 5.74) is 2.37. The van der Waals surface area contributed by atoms with Crippen molar-refractivity contribution in [1.29, 1.82) is 0 Å². The number of rotatable bonds is 7. The molecule has 0 bridgehead atoms. The van der Waals surface area contributed by atoms with E-state index in [0.29, 0.717) is 17.9 Å². The highest BCUT2D eigenvalue weighted by Gasteiger charge is 2.18. The highest BCUT2D eigenvalue weighted by Crippen LogP contribution is 2.20. The summed E-state index contributed by atoms with van der Waals surface area (Å²) in [7, 11) is 0. The van der Waals surface area contributed by atoms with Gasteiger partial charge >= 0.3 is 0 Å². The predicted molar refractivity (Wildman–Crippen MR) is 131 cm³/mol. The van der Waals surface area contributed by atoms with Crippen molar-refractivity contribution in [2.45, 2.75) is 26.7 Å². The fourth-order valence-corrected chi connectivity index (χ4v) is 3.64. The Kier molecular flexibility index (Phi) is 8.44. The topological polar surface area (TPSA) is 73.9 Å². The minimum absolute atomic E-state index is 0.121. The lowest BCUT2D eigenvalue weighted by molar-refractivity contribution is -0.129. The van der Waals surface area contributed by atoms with Crippen molar-refractivity contribution in [3.63, 3.8) is 0 Å². The smallest absolute Gasteiger partial charge is 0.257 e. The Labute approximate surface area is 194 Å². The highest BCUT2D eigenvalue weighted by molar-refractivity contribution is 7.80. The average Bonchev–Trinajstić information content (AvgIpc) is 2.80. The van der Waals surface area contributed by atoms with E-state index in [0.717, 1.165) is 50.4 Å². The van der Waals surface area contributed by atoms with Gasteiger partial charge in [0.1, 0.15) is 5.75 Å². The molecule has 2 amide bonds. The molecule has 3 rings (SSSR count). The van der Waals surface area contributed by atoms with E-state index >= 15 is 0 Å². The van der Waals surface area contributed by atoms with Crippen LogP contribution in [0.15, 0.2) is 48.5 Å². The number of hydrogen-bond acceptors (Lipinski definition) is 5. The number of piperazine rings is 1. The number of benzene rings is 2. The first-order chi connectivity index (χ1) is 15.5. The second-order valence-corrected chi connectivity index (χ2v) is 8.09. The number of hydrogen-bond donors (Lipinski definition) is 2. The summed E-state index contributed by atoms with van der Waals surface area (Å²) in [4.78, 5) is 28.1. The van der Waals surface area contributed by atoms with Crippen LogP contribution in [0.4, 0.5) is 11.4 Å². The average molecular weight is 455 g/mol. The van der Waals surface area contributed by atoms with E-state index in [2.05, 4.69) is 22.5 Å². The van der Waals surface area contributed by atoms with Crippen molar-refractivity contribution >= 4 is 40.5 Å². The second kappa shape index (κ2) is 11.5. The van der Waals surface area contributed by atoms with Crippen LogP contribution in [0.3, 0.4) is 0 Å². The lowest BCUT2D eigenvalue weighted by atomic mass is 10.2. The van der Waals surface area contributed by atoms with Crippen LogP contribution in [0, 0.1) is 0 Å². The zero-order chi connectivity index (χ0) is 22.9. The standard InChI is InChI=1S/C24H30N4O3S/c1-3-4-16-31-22-7-5-6-19(17-22)23(30)26-24(32)25-20-8-10-21(11-9-20)28-14-12-27(13-15-28)18(2)29/h5-11,17H,3-4,12-16H2,1-2H3,(H2,25,26,30,32). The molecule has 170 valence electrons. The molecule has 1 saturated heterocycles. The third-order valence-corrected chi connectivity index (χ3v) is 5.51. The molecule has 0 spiro atoms. The Morgan fingerprint density at radius 3 is 2.44 bits per heavy atom. The first-order valence-electron chi connectivity index (χ1n) is 10.9. The van der Waals surface area contributed by atoms with Crippen LogP contribution in [-0.4, -0.2) is 54.6 Å². The molecule has 1 aliphatic rings. The molecule has 0 radical (unpaired) electrons. The molecule has 7 nitrogen and oxygen atoms in total. The Morgan fingerprint density at radius 1 is 1.06 bits per heavy atom. The van der Waals surface area contributed by atoms with Gasteiger partial charge in [0.15, 0.2) is 5.11 Å². The van der Waals surface area contributed by atoms with Crippen molar-refractivity contribution in [3.8, 4) is 5.75 Å². The molecule has 0 aliphatic carbocycles. The number of unbranched alkanes of at least 4 members (excludes halogenated alkanes) is 1. The normalized spacial score (nSPS) is 13.4. The van der Waals surface area contributed by atoms with Crippen LogP contribution in [0.25, 0.3) is 0 Å². The number of ether oxygens (including phenoxy) is 1. The quantitative estimate of drug-likeness (QED) is 0.491. The zero-order valence-corrected chi connectivity index (χ0v) is 19.4. The van der Waals surface area contributed by atoms with Gasteiger partial charge in [0.05, 0.1) is 6.61 Å². The molecule has 2 aromatic rings. The number of nitrogens with one attached hydrogen (secondary N) is 2. The van der Waals surface area contributed by atoms with E-state index < -0.39 is 0 Å². The minimum Gasteiger partial charge on any atom is -0.494 e.